The largest absolute Gasteiger partial charge is 0.477 e. The van der Waals surface area contributed by atoms with Crippen LogP contribution in [0, 0.1) is 0 Å². The number of rotatable bonds is 7. The molecule has 1 aromatic rings. The highest BCUT2D eigenvalue weighted by Crippen LogP contribution is 2.24. The van der Waals surface area contributed by atoms with Crippen LogP contribution in [0.5, 0.6) is 0 Å². The minimum absolute atomic E-state index is 0.153. The molecule has 8 heteroatoms. The zero-order chi connectivity index (χ0) is 13.8. The van der Waals surface area contributed by atoms with E-state index in [1.807, 2.05) is 0 Å². The van der Waals surface area contributed by atoms with Gasteiger partial charge in [-0.25, -0.2) is 17.5 Å². The molecule has 0 aromatic carbocycles. The summed E-state index contributed by atoms with van der Waals surface area (Å²) < 4.78 is 30.3. The second-order valence-electron chi connectivity index (χ2n) is 3.59. The average Bonchev–Trinajstić information content (AvgIpc) is 2.78. The lowest BCUT2D eigenvalue weighted by Gasteiger charge is -2.16. The number of hydrogen-bond donors (Lipinski definition) is 1. The summed E-state index contributed by atoms with van der Waals surface area (Å²) in [7, 11) is -0.782. The van der Waals surface area contributed by atoms with Crippen molar-refractivity contribution in [3.05, 3.63) is 16.3 Å². The van der Waals surface area contributed by atoms with Gasteiger partial charge in [-0.1, -0.05) is 0 Å². The number of thiophene rings is 1. The SMILES string of the molecule is COCCCN(C)S(=O)(=O)c1ccsc1C(=O)O. The molecule has 0 atom stereocenters. The van der Waals surface area contributed by atoms with Crippen LogP contribution in [0.3, 0.4) is 0 Å². The number of carbonyl (C=O) groups is 1. The van der Waals surface area contributed by atoms with E-state index in [4.69, 9.17) is 9.84 Å². The number of ether oxygens (including phenoxy) is 1. The van der Waals surface area contributed by atoms with E-state index in [1.165, 1.54) is 25.6 Å². The van der Waals surface area contributed by atoms with E-state index >= 15 is 0 Å². The van der Waals surface area contributed by atoms with Gasteiger partial charge in [-0.3, -0.25) is 0 Å². The molecule has 1 N–H and O–H groups in total. The molecule has 0 aliphatic rings. The predicted molar refractivity (Wildman–Crippen MR) is 67.6 cm³/mol. The third kappa shape index (κ3) is 3.29. The maximum absolute atomic E-state index is 12.1. The number of aromatic carboxylic acids is 1. The van der Waals surface area contributed by atoms with Crippen LogP contribution in [0.15, 0.2) is 16.3 Å². The van der Waals surface area contributed by atoms with E-state index in [0.717, 1.165) is 15.6 Å². The number of carboxylic acids is 1. The number of nitrogens with zero attached hydrogens (tertiary/aromatic N) is 1. The van der Waals surface area contributed by atoms with Gasteiger partial charge < -0.3 is 9.84 Å². The summed E-state index contributed by atoms with van der Waals surface area (Å²) in [6, 6.07) is 1.32. The molecule has 0 radical (unpaired) electrons. The van der Waals surface area contributed by atoms with Gasteiger partial charge in [-0.2, -0.15) is 0 Å². The van der Waals surface area contributed by atoms with Crippen molar-refractivity contribution in [3.8, 4) is 0 Å². The lowest BCUT2D eigenvalue weighted by Crippen LogP contribution is -2.29. The van der Waals surface area contributed by atoms with Crippen LogP contribution < -0.4 is 0 Å². The van der Waals surface area contributed by atoms with Crippen LogP contribution in [0.4, 0.5) is 0 Å². The van der Waals surface area contributed by atoms with Gasteiger partial charge in [0.25, 0.3) is 0 Å². The Morgan fingerprint density at radius 1 is 1.56 bits per heavy atom. The Hall–Kier alpha value is -0.960. The van der Waals surface area contributed by atoms with E-state index in [-0.39, 0.29) is 16.3 Å². The van der Waals surface area contributed by atoms with Crippen molar-refractivity contribution in [2.45, 2.75) is 11.3 Å². The molecule has 0 spiro atoms. The van der Waals surface area contributed by atoms with Crippen molar-refractivity contribution < 1.29 is 23.1 Å². The van der Waals surface area contributed by atoms with E-state index in [2.05, 4.69) is 0 Å². The van der Waals surface area contributed by atoms with Gasteiger partial charge >= 0.3 is 5.97 Å². The molecule has 0 aliphatic carbocycles. The van der Waals surface area contributed by atoms with Crippen LogP contribution in [0.2, 0.25) is 0 Å². The zero-order valence-electron chi connectivity index (χ0n) is 10.1. The predicted octanol–water partition coefficient (Wildman–Crippen LogP) is 1.10. The molecule has 102 valence electrons. The van der Waals surface area contributed by atoms with Gasteiger partial charge in [0.05, 0.1) is 0 Å². The number of carboxylic acid groups (broad SMARTS) is 1. The van der Waals surface area contributed by atoms with Crippen LogP contribution in [-0.4, -0.2) is 51.1 Å². The van der Waals surface area contributed by atoms with Crippen LogP contribution in [0.1, 0.15) is 16.1 Å². The minimum atomic E-state index is -3.74. The van der Waals surface area contributed by atoms with Crippen LogP contribution in [0.25, 0.3) is 0 Å². The summed E-state index contributed by atoms with van der Waals surface area (Å²) in [5.41, 5.74) is 0. The fourth-order valence-corrected chi connectivity index (χ4v) is 3.81. The van der Waals surface area contributed by atoms with E-state index in [0.29, 0.717) is 13.0 Å². The lowest BCUT2D eigenvalue weighted by molar-refractivity contribution is 0.0698. The Balaban J connectivity index is 2.92. The quantitative estimate of drug-likeness (QED) is 0.761. The van der Waals surface area contributed by atoms with E-state index in [9.17, 15) is 13.2 Å². The molecule has 6 nitrogen and oxygen atoms in total. The first-order valence-electron chi connectivity index (χ1n) is 5.17. The van der Waals surface area contributed by atoms with E-state index in [1.54, 1.807) is 0 Å². The highest BCUT2D eigenvalue weighted by molar-refractivity contribution is 7.89. The van der Waals surface area contributed by atoms with Crippen molar-refractivity contribution in [1.29, 1.82) is 0 Å². The van der Waals surface area contributed by atoms with Crippen molar-refractivity contribution in [1.82, 2.24) is 4.31 Å². The standard InChI is InChI=1S/C10H15NO5S2/c1-11(5-3-6-16-2)18(14,15)8-4-7-17-9(8)10(12)13/h4,7H,3,5-6H2,1-2H3,(H,12,13). The average molecular weight is 293 g/mol. The smallest absolute Gasteiger partial charge is 0.347 e. The monoisotopic (exact) mass is 293 g/mol. The van der Waals surface area contributed by atoms with Gasteiger partial charge in [0, 0.05) is 27.3 Å². The van der Waals surface area contributed by atoms with Crippen LogP contribution >= 0.6 is 11.3 Å². The molecule has 1 rings (SSSR count). The van der Waals surface area contributed by atoms with Crippen molar-refractivity contribution in [2.75, 3.05) is 27.3 Å². The number of hydrogen-bond acceptors (Lipinski definition) is 5. The fourth-order valence-electron chi connectivity index (χ4n) is 1.38. The Morgan fingerprint density at radius 3 is 2.78 bits per heavy atom. The second kappa shape index (κ2) is 6.28. The van der Waals surface area contributed by atoms with Crippen molar-refractivity contribution in [3.63, 3.8) is 0 Å². The molecule has 0 saturated carbocycles. The molecule has 0 unspecified atom stereocenters. The molecule has 0 aliphatic heterocycles. The Bertz CT molecular complexity index is 508. The zero-order valence-corrected chi connectivity index (χ0v) is 11.8. The van der Waals surface area contributed by atoms with Crippen molar-refractivity contribution >= 4 is 27.3 Å². The maximum atomic E-state index is 12.1. The molecule has 1 aromatic heterocycles. The summed E-state index contributed by atoms with van der Waals surface area (Å²) in [6.07, 6.45) is 0.554. The summed E-state index contributed by atoms with van der Waals surface area (Å²) in [5.74, 6) is -1.23. The number of methoxy groups -OCH3 is 1. The number of sulfonamides is 1. The topological polar surface area (TPSA) is 83.9 Å². The van der Waals surface area contributed by atoms with Crippen LogP contribution in [-0.2, 0) is 14.8 Å². The molecule has 0 amide bonds. The molecule has 18 heavy (non-hydrogen) atoms. The molecule has 0 saturated heterocycles. The summed E-state index contributed by atoms with van der Waals surface area (Å²) in [4.78, 5) is 10.6. The van der Waals surface area contributed by atoms with E-state index < -0.39 is 16.0 Å². The fraction of sp³-hybridized carbons (Fsp3) is 0.500. The Morgan fingerprint density at radius 2 is 2.22 bits per heavy atom. The molecular weight excluding hydrogens is 278 g/mol. The molecule has 1 heterocycles. The maximum Gasteiger partial charge on any atom is 0.347 e. The highest BCUT2D eigenvalue weighted by Gasteiger charge is 2.27. The first-order valence-corrected chi connectivity index (χ1v) is 7.49. The van der Waals surface area contributed by atoms with Gasteiger partial charge in [0.2, 0.25) is 10.0 Å². The first kappa shape index (κ1) is 15.1. The van der Waals surface area contributed by atoms with Gasteiger partial charge in [0.1, 0.15) is 9.77 Å². The van der Waals surface area contributed by atoms with Gasteiger partial charge in [-0.05, 0) is 17.9 Å². The van der Waals surface area contributed by atoms with Gasteiger partial charge in [0.15, 0.2) is 0 Å². The van der Waals surface area contributed by atoms with Gasteiger partial charge in [-0.15, -0.1) is 11.3 Å². The normalized spacial score (nSPS) is 11.9. The van der Waals surface area contributed by atoms with Crippen molar-refractivity contribution in [2.24, 2.45) is 0 Å². The third-order valence-corrected chi connectivity index (χ3v) is 5.26. The molecular formula is C10H15NO5S2. The molecule has 0 bridgehead atoms. The summed E-state index contributed by atoms with van der Waals surface area (Å²) in [6.45, 7) is 0.736. The lowest BCUT2D eigenvalue weighted by atomic mass is 10.4. The highest BCUT2D eigenvalue weighted by atomic mass is 32.2. The summed E-state index contributed by atoms with van der Waals surface area (Å²) >= 11 is 0.900. The Labute approximate surface area is 110 Å². The first-order chi connectivity index (χ1) is 8.41. The molecule has 0 fully saturated rings. The third-order valence-electron chi connectivity index (χ3n) is 2.33. The second-order valence-corrected chi connectivity index (χ2v) is 6.52. The Kier molecular flexibility index (Phi) is 5.27. The minimum Gasteiger partial charge on any atom is -0.477 e. The summed E-state index contributed by atoms with van der Waals surface area (Å²) in [5, 5.41) is 10.4.